The molecule has 222 valence electrons. The fraction of sp³-hybridized carbons (Fsp3) is 0.545. The molecule has 1 heterocycles. The summed E-state index contributed by atoms with van der Waals surface area (Å²) in [6.45, 7) is 21.6. The van der Waals surface area contributed by atoms with E-state index in [0.717, 1.165) is 60.0 Å². The lowest BCUT2D eigenvalue weighted by Crippen LogP contribution is -2.26. The fourth-order valence-corrected chi connectivity index (χ4v) is 4.55. The Morgan fingerprint density at radius 3 is 2.13 bits per heavy atom. The number of rotatable bonds is 8. The normalized spacial score (nSPS) is 14.3. The van der Waals surface area contributed by atoms with Gasteiger partial charge in [0.1, 0.15) is 16.8 Å². The number of esters is 1. The maximum absolute atomic E-state index is 12.5. The van der Waals surface area contributed by atoms with Gasteiger partial charge in [-0.3, -0.25) is 0 Å². The van der Waals surface area contributed by atoms with Gasteiger partial charge in [0.25, 0.3) is 0 Å². The standard InChI is InChI=1S/C21H30O4S.C5H10O.C3H6.C2H6.C2H2/c1-6-7-8-15-11-17(23)19(20(24)25-15)26-18-9-13(2)14(12-22)10-16(18)21(3,4)5;1-2-3-4-5-6;1-3-2;2*1-2/h9-10,15,22-23H,6-8,11-12H2,1-5H3;4-6H,2-3H2,1H3;3H,1H2,2H3;1-2H3;1-2H/b;5-4+;;;. The van der Waals surface area contributed by atoms with Crippen LogP contribution in [0, 0.1) is 19.8 Å². The number of aliphatic hydroxyl groups is 3. The van der Waals surface area contributed by atoms with Gasteiger partial charge in [0, 0.05) is 11.3 Å². The smallest absolute Gasteiger partial charge is 0.348 e. The van der Waals surface area contributed by atoms with Gasteiger partial charge in [-0.25, -0.2) is 4.79 Å². The topological polar surface area (TPSA) is 87.0 Å². The van der Waals surface area contributed by atoms with E-state index in [0.29, 0.717) is 6.42 Å². The Morgan fingerprint density at radius 1 is 1.18 bits per heavy atom. The summed E-state index contributed by atoms with van der Waals surface area (Å²) in [5.41, 5.74) is 2.73. The van der Waals surface area contributed by atoms with Crippen molar-refractivity contribution < 1.29 is 24.9 Å². The molecule has 2 rings (SSSR count). The van der Waals surface area contributed by atoms with E-state index in [4.69, 9.17) is 9.84 Å². The van der Waals surface area contributed by atoms with E-state index in [-0.39, 0.29) is 28.8 Å². The maximum Gasteiger partial charge on any atom is 0.348 e. The molecule has 1 aromatic carbocycles. The van der Waals surface area contributed by atoms with Gasteiger partial charge in [0.15, 0.2) is 0 Å². The number of terminal acetylenes is 1. The number of thioether (sulfide) groups is 1. The number of aliphatic hydroxyl groups excluding tert-OH is 3. The third-order valence-corrected chi connectivity index (χ3v) is 6.38. The quantitative estimate of drug-likeness (QED) is 0.127. The first-order chi connectivity index (χ1) is 18.5. The average molecular weight is 563 g/mol. The van der Waals surface area contributed by atoms with Crippen molar-refractivity contribution in [2.24, 2.45) is 0 Å². The molecule has 5 nitrogen and oxygen atoms in total. The molecule has 0 aromatic heterocycles. The molecule has 0 saturated heterocycles. The molecule has 1 aliphatic heterocycles. The molecular formula is C33H54O5S. The predicted octanol–water partition coefficient (Wildman–Crippen LogP) is 9.48. The lowest BCUT2D eigenvalue weighted by atomic mass is 9.85. The van der Waals surface area contributed by atoms with Gasteiger partial charge in [0.2, 0.25) is 0 Å². The van der Waals surface area contributed by atoms with E-state index in [2.05, 4.69) is 54.0 Å². The highest BCUT2D eigenvalue weighted by Gasteiger charge is 2.31. The van der Waals surface area contributed by atoms with Crippen LogP contribution in [0.5, 0.6) is 0 Å². The van der Waals surface area contributed by atoms with Crippen molar-refractivity contribution in [3.63, 3.8) is 0 Å². The van der Waals surface area contributed by atoms with Gasteiger partial charge < -0.3 is 20.1 Å². The van der Waals surface area contributed by atoms with E-state index in [1.54, 1.807) is 12.2 Å². The summed E-state index contributed by atoms with van der Waals surface area (Å²) in [5.74, 6) is -0.320. The molecule has 6 heteroatoms. The Morgan fingerprint density at radius 2 is 1.74 bits per heavy atom. The number of allylic oxidation sites excluding steroid dienone is 2. The summed E-state index contributed by atoms with van der Waals surface area (Å²) in [7, 11) is 0. The van der Waals surface area contributed by atoms with Crippen LogP contribution < -0.4 is 0 Å². The SMILES string of the molecule is C#C.C=CC.CC.CCC/C=C/O.CCCCC1CC(O)=C(Sc2cc(C)c(CO)cc2C(C)(C)C)C(=O)O1. The molecule has 3 N–H and O–H groups in total. The van der Waals surface area contributed by atoms with Gasteiger partial charge in [-0.05, 0) is 54.9 Å². The summed E-state index contributed by atoms with van der Waals surface area (Å²) in [6, 6.07) is 3.97. The molecule has 1 atom stereocenters. The zero-order chi connectivity index (χ0) is 31.0. The van der Waals surface area contributed by atoms with Crippen LogP contribution in [0.15, 0.2) is 52.7 Å². The summed E-state index contributed by atoms with van der Waals surface area (Å²) in [5, 5.41) is 28.0. The Balaban J connectivity index is -0.000000842. The maximum atomic E-state index is 12.5. The molecular weight excluding hydrogens is 508 g/mol. The molecule has 0 fully saturated rings. The van der Waals surface area contributed by atoms with Crippen molar-refractivity contribution >= 4 is 17.7 Å². The second-order valence-corrected chi connectivity index (χ2v) is 10.6. The zero-order valence-corrected chi connectivity index (χ0v) is 26.7. The van der Waals surface area contributed by atoms with Crippen LogP contribution in [-0.2, 0) is 21.6 Å². The largest absolute Gasteiger partial charge is 0.516 e. The van der Waals surface area contributed by atoms with Crippen LogP contribution in [0.25, 0.3) is 0 Å². The van der Waals surface area contributed by atoms with Crippen LogP contribution in [-0.4, -0.2) is 27.4 Å². The molecule has 0 spiro atoms. The second-order valence-electron chi connectivity index (χ2n) is 9.52. The first-order valence-corrected chi connectivity index (χ1v) is 14.6. The number of ether oxygens (including phenoxy) is 1. The summed E-state index contributed by atoms with van der Waals surface area (Å²) >= 11 is 1.27. The zero-order valence-electron chi connectivity index (χ0n) is 25.8. The number of unbranched alkanes of at least 4 members (excludes halogenated alkanes) is 2. The molecule has 1 aromatic rings. The highest BCUT2D eigenvalue weighted by atomic mass is 32.2. The van der Waals surface area contributed by atoms with Gasteiger partial charge in [-0.2, -0.15) is 0 Å². The highest BCUT2D eigenvalue weighted by Crippen LogP contribution is 2.41. The van der Waals surface area contributed by atoms with Crippen molar-refractivity contribution in [3.8, 4) is 12.8 Å². The van der Waals surface area contributed by atoms with Gasteiger partial charge in [0.05, 0.1) is 12.9 Å². The van der Waals surface area contributed by atoms with Crippen molar-refractivity contribution in [2.75, 3.05) is 0 Å². The van der Waals surface area contributed by atoms with E-state index < -0.39 is 5.97 Å². The van der Waals surface area contributed by atoms with Crippen LogP contribution >= 0.6 is 11.8 Å². The minimum absolute atomic E-state index is 0.0189. The van der Waals surface area contributed by atoms with E-state index >= 15 is 0 Å². The highest BCUT2D eigenvalue weighted by molar-refractivity contribution is 8.04. The number of aryl methyl sites for hydroxylation is 1. The van der Waals surface area contributed by atoms with Crippen LogP contribution in [0.4, 0.5) is 0 Å². The second kappa shape index (κ2) is 24.4. The van der Waals surface area contributed by atoms with Gasteiger partial charge in [-0.1, -0.05) is 97.7 Å². The number of cyclic esters (lactones) is 1. The molecule has 0 aliphatic carbocycles. The van der Waals surface area contributed by atoms with Gasteiger partial charge in [-0.15, -0.1) is 19.4 Å². The first-order valence-electron chi connectivity index (χ1n) is 13.8. The van der Waals surface area contributed by atoms with E-state index in [1.807, 2.05) is 39.8 Å². The molecule has 0 bridgehead atoms. The summed E-state index contributed by atoms with van der Waals surface area (Å²) in [6.07, 6.45) is 17.6. The predicted molar refractivity (Wildman–Crippen MR) is 169 cm³/mol. The Bertz CT molecular complexity index is 891. The van der Waals surface area contributed by atoms with E-state index in [9.17, 15) is 15.0 Å². The van der Waals surface area contributed by atoms with Crippen LogP contribution in [0.1, 0.15) is 111 Å². The van der Waals surface area contributed by atoms with Crippen LogP contribution in [0.3, 0.4) is 0 Å². The number of hydrogen-bond donors (Lipinski definition) is 3. The van der Waals surface area contributed by atoms with Crippen molar-refractivity contribution in [3.05, 3.63) is 64.5 Å². The van der Waals surface area contributed by atoms with E-state index in [1.165, 1.54) is 11.8 Å². The minimum Gasteiger partial charge on any atom is -0.516 e. The van der Waals surface area contributed by atoms with Crippen molar-refractivity contribution in [1.82, 2.24) is 0 Å². The minimum atomic E-state index is -0.441. The molecule has 1 unspecified atom stereocenters. The molecule has 1 aliphatic rings. The van der Waals surface area contributed by atoms with Crippen molar-refractivity contribution in [1.29, 1.82) is 0 Å². The van der Waals surface area contributed by atoms with Crippen molar-refractivity contribution in [2.45, 2.75) is 124 Å². The lowest BCUT2D eigenvalue weighted by Gasteiger charge is -2.27. The molecule has 39 heavy (non-hydrogen) atoms. The van der Waals surface area contributed by atoms with Gasteiger partial charge >= 0.3 is 5.97 Å². The summed E-state index contributed by atoms with van der Waals surface area (Å²) in [4.78, 5) is 13.6. The number of carbonyl (C=O) groups excluding carboxylic acids is 1. The summed E-state index contributed by atoms with van der Waals surface area (Å²) < 4.78 is 5.53. The molecule has 0 amide bonds. The number of hydrogen-bond acceptors (Lipinski definition) is 6. The monoisotopic (exact) mass is 562 g/mol. The fourth-order valence-electron chi connectivity index (χ4n) is 3.28. The number of carbonyl (C=O) groups is 1. The Hall–Kier alpha value is -2.62. The third kappa shape index (κ3) is 16.8. The lowest BCUT2D eigenvalue weighted by molar-refractivity contribution is -0.146. The number of benzene rings is 1. The average Bonchev–Trinajstić information content (AvgIpc) is 2.91. The third-order valence-electron chi connectivity index (χ3n) is 5.21. The molecule has 0 radical (unpaired) electrons. The Kier molecular flexibility index (Phi) is 25.6. The van der Waals surface area contributed by atoms with Crippen LogP contribution in [0.2, 0.25) is 0 Å². The molecule has 0 saturated carbocycles. The first kappa shape index (κ1) is 40.9. The Labute approximate surface area is 243 Å².